The summed E-state index contributed by atoms with van der Waals surface area (Å²) >= 11 is 5.01. The van der Waals surface area contributed by atoms with Crippen LogP contribution in [0.1, 0.15) is 30.1 Å². The normalized spacial score (nSPS) is 9.65. The van der Waals surface area contributed by atoms with Crippen molar-refractivity contribution >= 4 is 29.2 Å². The lowest BCUT2D eigenvalue weighted by molar-refractivity contribution is -0.140. The van der Waals surface area contributed by atoms with Gasteiger partial charge in [-0.05, 0) is 49.8 Å². The van der Waals surface area contributed by atoms with Gasteiger partial charge in [0.25, 0.3) is 5.91 Å². The highest BCUT2D eigenvalue weighted by Gasteiger charge is 2.06. The van der Waals surface area contributed by atoms with E-state index in [2.05, 4.69) is 20.9 Å². The predicted molar refractivity (Wildman–Crippen MR) is 90.1 cm³/mol. The molecule has 0 atom stereocenters. The van der Waals surface area contributed by atoms with E-state index in [9.17, 15) is 9.59 Å². The fourth-order valence-electron chi connectivity index (χ4n) is 1.64. The van der Waals surface area contributed by atoms with Crippen LogP contribution in [-0.2, 0) is 9.53 Å². The lowest BCUT2D eigenvalue weighted by atomic mass is 10.2. The predicted octanol–water partition coefficient (Wildman–Crippen LogP) is 1.15. The van der Waals surface area contributed by atoms with E-state index in [4.69, 9.17) is 17.0 Å². The minimum absolute atomic E-state index is 0.269. The van der Waals surface area contributed by atoms with Crippen molar-refractivity contribution in [2.45, 2.75) is 19.8 Å². The number of hydrazine groups is 1. The van der Waals surface area contributed by atoms with Crippen molar-refractivity contribution < 1.29 is 19.1 Å². The summed E-state index contributed by atoms with van der Waals surface area (Å²) in [5, 5.41) is 3.14. The third-order valence-corrected chi connectivity index (χ3v) is 3.03. The fraction of sp³-hybridized carbons (Fsp3) is 0.400. The number of hydrogen-bond acceptors (Lipinski definition) is 5. The molecule has 0 aliphatic heterocycles. The van der Waals surface area contributed by atoms with Gasteiger partial charge in [-0.1, -0.05) is 0 Å². The monoisotopic (exact) mass is 339 g/mol. The van der Waals surface area contributed by atoms with Crippen molar-refractivity contribution in [1.29, 1.82) is 0 Å². The third kappa shape index (κ3) is 7.46. The number of carbonyl (C=O) groups is 2. The molecule has 0 saturated carbocycles. The van der Waals surface area contributed by atoms with Crippen LogP contribution in [0.25, 0.3) is 0 Å². The number of carbonyl (C=O) groups excluding carboxylic acids is 2. The average molecular weight is 339 g/mol. The SMILES string of the molecule is CCOc1ccc(C(=O)NNC(=S)NCCCC(=O)OC)cc1. The van der Waals surface area contributed by atoms with E-state index in [1.807, 2.05) is 6.92 Å². The number of ether oxygens (including phenoxy) is 2. The number of benzene rings is 1. The highest BCUT2D eigenvalue weighted by molar-refractivity contribution is 7.80. The summed E-state index contributed by atoms with van der Waals surface area (Å²) in [4.78, 5) is 22.8. The maximum atomic E-state index is 11.9. The Bertz CT molecular complexity index is 534. The molecule has 0 aliphatic rings. The Hall–Kier alpha value is -2.35. The number of hydrogen-bond donors (Lipinski definition) is 3. The largest absolute Gasteiger partial charge is 0.494 e. The van der Waals surface area contributed by atoms with Crippen LogP contribution in [0.15, 0.2) is 24.3 Å². The summed E-state index contributed by atoms with van der Waals surface area (Å²) in [5.74, 6) is 0.126. The van der Waals surface area contributed by atoms with E-state index < -0.39 is 0 Å². The second kappa shape index (κ2) is 10.4. The second-order valence-electron chi connectivity index (χ2n) is 4.47. The van der Waals surface area contributed by atoms with Gasteiger partial charge in [-0.2, -0.15) is 0 Å². The van der Waals surface area contributed by atoms with Gasteiger partial charge in [0.05, 0.1) is 13.7 Å². The van der Waals surface area contributed by atoms with E-state index in [1.54, 1.807) is 24.3 Å². The third-order valence-electron chi connectivity index (χ3n) is 2.79. The molecule has 0 unspecified atom stereocenters. The van der Waals surface area contributed by atoms with Crippen LogP contribution in [-0.4, -0.2) is 37.3 Å². The molecule has 1 amide bonds. The molecule has 0 radical (unpaired) electrons. The first-order valence-electron chi connectivity index (χ1n) is 7.20. The molecule has 0 spiro atoms. The van der Waals surface area contributed by atoms with Gasteiger partial charge in [-0.25, -0.2) is 0 Å². The topological polar surface area (TPSA) is 88.7 Å². The summed E-state index contributed by atoms with van der Waals surface area (Å²) in [6, 6.07) is 6.77. The van der Waals surface area contributed by atoms with E-state index in [0.717, 1.165) is 0 Å². The zero-order valence-corrected chi connectivity index (χ0v) is 14.0. The van der Waals surface area contributed by atoms with E-state index >= 15 is 0 Å². The summed E-state index contributed by atoms with van der Waals surface area (Å²) in [5.41, 5.74) is 5.56. The Kier molecular flexibility index (Phi) is 8.45. The average Bonchev–Trinajstić information content (AvgIpc) is 2.57. The number of thiocarbonyl (C=S) groups is 1. The van der Waals surface area contributed by atoms with Gasteiger partial charge in [0.2, 0.25) is 0 Å². The lowest BCUT2D eigenvalue weighted by Gasteiger charge is -2.11. The Morgan fingerprint density at radius 1 is 1.17 bits per heavy atom. The van der Waals surface area contributed by atoms with Gasteiger partial charge >= 0.3 is 5.97 Å². The van der Waals surface area contributed by atoms with Gasteiger partial charge in [0.1, 0.15) is 5.75 Å². The molecule has 1 aromatic carbocycles. The van der Waals surface area contributed by atoms with Crippen molar-refractivity contribution in [2.75, 3.05) is 20.3 Å². The molecule has 1 aromatic rings. The van der Waals surface area contributed by atoms with Gasteiger partial charge < -0.3 is 14.8 Å². The van der Waals surface area contributed by atoms with Crippen molar-refractivity contribution in [3.05, 3.63) is 29.8 Å². The van der Waals surface area contributed by atoms with Crippen LogP contribution < -0.4 is 20.9 Å². The zero-order chi connectivity index (χ0) is 17.1. The maximum absolute atomic E-state index is 11.9. The molecule has 0 aromatic heterocycles. The number of methoxy groups -OCH3 is 1. The quantitative estimate of drug-likeness (QED) is 0.297. The molecular formula is C15H21N3O4S. The number of nitrogens with one attached hydrogen (secondary N) is 3. The Morgan fingerprint density at radius 3 is 2.48 bits per heavy atom. The van der Waals surface area contributed by atoms with Crippen LogP contribution in [0.3, 0.4) is 0 Å². The van der Waals surface area contributed by atoms with Crippen LogP contribution in [0.5, 0.6) is 5.75 Å². The van der Waals surface area contributed by atoms with Crippen LogP contribution >= 0.6 is 12.2 Å². The molecule has 8 heteroatoms. The zero-order valence-electron chi connectivity index (χ0n) is 13.2. The summed E-state index contributed by atoms with van der Waals surface area (Å²) in [6.45, 7) is 2.96. The molecule has 0 aliphatic carbocycles. The first kappa shape index (κ1) is 18.7. The second-order valence-corrected chi connectivity index (χ2v) is 4.88. The van der Waals surface area contributed by atoms with Crippen LogP contribution in [0, 0.1) is 0 Å². The smallest absolute Gasteiger partial charge is 0.305 e. The first-order chi connectivity index (χ1) is 11.1. The Labute approximate surface area is 140 Å². The van der Waals surface area contributed by atoms with E-state index in [0.29, 0.717) is 37.3 Å². The summed E-state index contributed by atoms with van der Waals surface area (Å²) in [7, 11) is 1.35. The standard InChI is InChI=1S/C15H21N3O4S/c1-3-22-12-8-6-11(7-9-12)14(20)17-18-15(23)16-10-4-5-13(19)21-2/h6-9H,3-5,10H2,1-2H3,(H,17,20)(H2,16,18,23). The molecule has 0 saturated heterocycles. The first-order valence-corrected chi connectivity index (χ1v) is 7.61. The molecule has 126 valence electrons. The minimum Gasteiger partial charge on any atom is -0.494 e. The number of rotatable bonds is 7. The highest BCUT2D eigenvalue weighted by atomic mass is 32.1. The lowest BCUT2D eigenvalue weighted by Crippen LogP contribution is -2.47. The Balaban J connectivity index is 2.26. The molecule has 23 heavy (non-hydrogen) atoms. The fourth-order valence-corrected chi connectivity index (χ4v) is 1.79. The van der Waals surface area contributed by atoms with Crippen LogP contribution in [0.2, 0.25) is 0 Å². The van der Waals surface area contributed by atoms with E-state index in [-0.39, 0.29) is 17.0 Å². The van der Waals surface area contributed by atoms with Crippen molar-refractivity contribution in [1.82, 2.24) is 16.2 Å². The molecule has 7 nitrogen and oxygen atoms in total. The van der Waals surface area contributed by atoms with Crippen molar-refractivity contribution in [3.8, 4) is 5.75 Å². The summed E-state index contributed by atoms with van der Waals surface area (Å²) < 4.78 is 9.84. The van der Waals surface area contributed by atoms with Gasteiger partial charge in [0.15, 0.2) is 5.11 Å². The molecule has 0 heterocycles. The van der Waals surface area contributed by atoms with Crippen LogP contribution in [0.4, 0.5) is 0 Å². The van der Waals surface area contributed by atoms with Gasteiger partial charge in [0, 0.05) is 18.5 Å². The molecule has 1 rings (SSSR count). The molecule has 0 bridgehead atoms. The molecule has 3 N–H and O–H groups in total. The van der Waals surface area contributed by atoms with Gasteiger partial charge in [-0.3, -0.25) is 20.4 Å². The van der Waals surface area contributed by atoms with Gasteiger partial charge in [-0.15, -0.1) is 0 Å². The van der Waals surface area contributed by atoms with E-state index in [1.165, 1.54) is 7.11 Å². The Morgan fingerprint density at radius 2 is 1.87 bits per heavy atom. The van der Waals surface area contributed by atoms with Crippen molar-refractivity contribution in [2.24, 2.45) is 0 Å². The highest BCUT2D eigenvalue weighted by Crippen LogP contribution is 2.11. The number of esters is 1. The minimum atomic E-state index is -0.313. The maximum Gasteiger partial charge on any atom is 0.305 e. The number of amides is 1. The molecular weight excluding hydrogens is 318 g/mol. The van der Waals surface area contributed by atoms with Crippen molar-refractivity contribution in [3.63, 3.8) is 0 Å². The summed E-state index contributed by atoms with van der Waals surface area (Å²) in [6.07, 6.45) is 0.895. The molecule has 0 fully saturated rings.